The van der Waals surface area contributed by atoms with Crippen molar-refractivity contribution in [2.75, 3.05) is 47.4 Å². The highest BCUT2D eigenvalue weighted by atomic mass is 16.5. The Hall–Kier alpha value is -0.160. The monoisotopic (exact) mass is 243 g/mol. The number of piperidine rings is 1. The lowest BCUT2D eigenvalue weighted by Crippen LogP contribution is -2.51. The fraction of sp³-hybridized carbons (Fsp3) is 1.00. The second-order valence-corrected chi connectivity index (χ2v) is 5.44. The molecule has 1 heterocycles. The van der Waals surface area contributed by atoms with E-state index >= 15 is 0 Å². The summed E-state index contributed by atoms with van der Waals surface area (Å²) in [6.45, 7) is 6.13. The third kappa shape index (κ3) is 4.21. The largest absolute Gasteiger partial charge is 0.384 e. The van der Waals surface area contributed by atoms with Crippen molar-refractivity contribution in [3.8, 4) is 0 Å². The Morgan fingerprint density at radius 2 is 2.00 bits per heavy atom. The maximum Gasteiger partial charge on any atom is 0.0503 e. The first-order valence-electron chi connectivity index (χ1n) is 6.69. The molecule has 2 N–H and O–H groups in total. The summed E-state index contributed by atoms with van der Waals surface area (Å²) in [6.07, 6.45) is 2.51. The average Bonchev–Trinajstić information content (AvgIpc) is 2.31. The molecular formula is C13H29N3O. The highest BCUT2D eigenvalue weighted by Gasteiger charge is 2.28. The van der Waals surface area contributed by atoms with Gasteiger partial charge in [0.05, 0.1) is 6.61 Å². The summed E-state index contributed by atoms with van der Waals surface area (Å²) in [5.74, 6) is 0.495. The predicted molar refractivity (Wildman–Crippen MR) is 72.2 cm³/mol. The first-order chi connectivity index (χ1) is 8.10. The molecular weight excluding hydrogens is 214 g/mol. The van der Waals surface area contributed by atoms with Crippen molar-refractivity contribution >= 4 is 0 Å². The summed E-state index contributed by atoms with van der Waals surface area (Å²) in [7, 11) is 6.18. The molecule has 4 nitrogen and oxygen atoms in total. The highest BCUT2D eigenvalue weighted by Crippen LogP contribution is 2.19. The van der Waals surface area contributed by atoms with Crippen LogP contribution in [-0.2, 0) is 4.74 Å². The topological polar surface area (TPSA) is 41.7 Å². The van der Waals surface area contributed by atoms with Crippen molar-refractivity contribution < 1.29 is 4.74 Å². The van der Waals surface area contributed by atoms with Gasteiger partial charge in [-0.1, -0.05) is 6.92 Å². The van der Waals surface area contributed by atoms with Crippen molar-refractivity contribution in [2.24, 2.45) is 11.7 Å². The molecule has 1 rings (SSSR count). The van der Waals surface area contributed by atoms with E-state index < -0.39 is 0 Å². The van der Waals surface area contributed by atoms with Gasteiger partial charge in [0.15, 0.2) is 0 Å². The molecule has 102 valence electrons. The number of hydrogen-bond acceptors (Lipinski definition) is 4. The standard InChI is InChI=1S/C13H29N3O/c1-11(10-17-4)13(9-14)16(3)12-5-7-15(2)8-6-12/h11-13H,5-10,14H2,1-4H3. The third-order valence-corrected chi connectivity index (χ3v) is 4.12. The van der Waals surface area contributed by atoms with Crippen LogP contribution in [0.1, 0.15) is 19.8 Å². The first kappa shape index (κ1) is 14.9. The van der Waals surface area contributed by atoms with Crippen LogP contribution in [0.4, 0.5) is 0 Å². The number of nitrogens with zero attached hydrogens (tertiary/aromatic N) is 2. The zero-order valence-electron chi connectivity index (χ0n) is 11.9. The average molecular weight is 243 g/mol. The molecule has 0 radical (unpaired) electrons. The van der Waals surface area contributed by atoms with Crippen LogP contribution in [0.2, 0.25) is 0 Å². The molecule has 1 aliphatic heterocycles. The molecule has 1 fully saturated rings. The number of methoxy groups -OCH3 is 1. The van der Waals surface area contributed by atoms with E-state index in [0.717, 1.165) is 6.61 Å². The molecule has 0 bridgehead atoms. The first-order valence-corrected chi connectivity index (χ1v) is 6.69. The zero-order valence-corrected chi connectivity index (χ0v) is 11.9. The number of likely N-dealkylation sites (tertiary alicyclic amines) is 1. The molecule has 0 amide bonds. The quantitative estimate of drug-likeness (QED) is 0.743. The van der Waals surface area contributed by atoms with Crippen LogP contribution in [0.25, 0.3) is 0 Å². The van der Waals surface area contributed by atoms with E-state index in [0.29, 0.717) is 24.5 Å². The van der Waals surface area contributed by atoms with Crippen molar-refractivity contribution in [1.82, 2.24) is 9.80 Å². The van der Waals surface area contributed by atoms with Crippen LogP contribution < -0.4 is 5.73 Å². The van der Waals surface area contributed by atoms with Gasteiger partial charge in [-0.2, -0.15) is 0 Å². The number of likely N-dealkylation sites (N-methyl/N-ethyl adjacent to an activating group) is 1. The summed E-state index contributed by atoms with van der Waals surface area (Å²) in [5, 5.41) is 0. The van der Waals surface area contributed by atoms with E-state index in [9.17, 15) is 0 Å². The van der Waals surface area contributed by atoms with Gasteiger partial charge in [0.2, 0.25) is 0 Å². The summed E-state index contributed by atoms with van der Waals surface area (Å²) in [6, 6.07) is 1.11. The molecule has 17 heavy (non-hydrogen) atoms. The van der Waals surface area contributed by atoms with Gasteiger partial charge in [-0.15, -0.1) is 0 Å². The number of rotatable bonds is 6. The van der Waals surface area contributed by atoms with Gasteiger partial charge < -0.3 is 15.4 Å². The van der Waals surface area contributed by atoms with E-state index in [1.165, 1.54) is 25.9 Å². The van der Waals surface area contributed by atoms with Crippen LogP contribution in [0.15, 0.2) is 0 Å². The fourth-order valence-electron chi connectivity index (χ4n) is 2.85. The lowest BCUT2D eigenvalue weighted by atomic mass is 9.96. The second-order valence-electron chi connectivity index (χ2n) is 5.44. The second kappa shape index (κ2) is 7.31. The van der Waals surface area contributed by atoms with Gasteiger partial charge in [0.1, 0.15) is 0 Å². The van der Waals surface area contributed by atoms with Crippen LogP contribution >= 0.6 is 0 Å². The Bertz CT molecular complexity index is 205. The SMILES string of the molecule is COCC(C)C(CN)N(C)C1CCN(C)CC1. The lowest BCUT2D eigenvalue weighted by molar-refractivity contribution is 0.0541. The molecule has 1 aliphatic rings. The minimum absolute atomic E-state index is 0.434. The van der Waals surface area contributed by atoms with E-state index in [4.69, 9.17) is 10.5 Å². The molecule has 0 aromatic heterocycles. The van der Waals surface area contributed by atoms with Gasteiger partial charge >= 0.3 is 0 Å². The summed E-state index contributed by atoms with van der Waals surface area (Å²) < 4.78 is 5.25. The van der Waals surface area contributed by atoms with Crippen LogP contribution in [0, 0.1) is 5.92 Å². The Labute approximate surface area is 106 Å². The van der Waals surface area contributed by atoms with E-state index in [1.54, 1.807) is 7.11 Å². The van der Waals surface area contributed by atoms with Gasteiger partial charge in [-0.05, 0) is 45.9 Å². The summed E-state index contributed by atoms with van der Waals surface area (Å²) in [4.78, 5) is 4.89. The molecule has 0 saturated carbocycles. The minimum atomic E-state index is 0.434. The van der Waals surface area contributed by atoms with Crippen molar-refractivity contribution in [2.45, 2.75) is 31.8 Å². The fourth-order valence-corrected chi connectivity index (χ4v) is 2.85. The van der Waals surface area contributed by atoms with Crippen LogP contribution in [0.3, 0.4) is 0 Å². The van der Waals surface area contributed by atoms with Gasteiger partial charge in [-0.25, -0.2) is 0 Å². The van der Waals surface area contributed by atoms with Crippen molar-refractivity contribution in [1.29, 1.82) is 0 Å². The molecule has 2 atom stereocenters. The van der Waals surface area contributed by atoms with Crippen LogP contribution in [-0.4, -0.2) is 69.3 Å². The predicted octanol–water partition coefficient (Wildman–Crippen LogP) is 0.622. The number of hydrogen-bond donors (Lipinski definition) is 1. The van der Waals surface area contributed by atoms with E-state index in [1.807, 2.05) is 0 Å². The Balaban J connectivity index is 2.50. The Morgan fingerprint density at radius 3 is 2.47 bits per heavy atom. The Morgan fingerprint density at radius 1 is 1.41 bits per heavy atom. The Kier molecular flexibility index (Phi) is 6.41. The molecule has 1 saturated heterocycles. The smallest absolute Gasteiger partial charge is 0.0503 e. The maximum atomic E-state index is 5.93. The highest BCUT2D eigenvalue weighted by molar-refractivity contribution is 4.84. The van der Waals surface area contributed by atoms with E-state index in [-0.39, 0.29) is 0 Å². The maximum absolute atomic E-state index is 5.93. The number of nitrogens with two attached hydrogens (primary N) is 1. The molecule has 0 spiro atoms. The lowest BCUT2D eigenvalue weighted by Gasteiger charge is -2.41. The molecule has 0 aromatic carbocycles. The molecule has 0 aliphatic carbocycles. The van der Waals surface area contributed by atoms with E-state index in [2.05, 4.69) is 30.8 Å². The minimum Gasteiger partial charge on any atom is -0.384 e. The molecule has 0 aromatic rings. The number of ether oxygens (including phenoxy) is 1. The third-order valence-electron chi connectivity index (χ3n) is 4.12. The summed E-state index contributed by atoms with van der Waals surface area (Å²) in [5.41, 5.74) is 5.93. The van der Waals surface area contributed by atoms with Gasteiger partial charge in [-0.3, -0.25) is 4.90 Å². The van der Waals surface area contributed by atoms with Gasteiger partial charge in [0.25, 0.3) is 0 Å². The molecule has 4 heteroatoms. The normalized spacial score (nSPS) is 22.9. The zero-order chi connectivity index (χ0) is 12.8. The van der Waals surface area contributed by atoms with Crippen molar-refractivity contribution in [3.05, 3.63) is 0 Å². The van der Waals surface area contributed by atoms with Crippen molar-refractivity contribution in [3.63, 3.8) is 0 Å². The van der Waals surface area contributed by atoms with Crippen LogP contribution in [0.5, 0.6) is 0 Å². The van der Waals surface area contributed by atoms with Gasteiger partial charge in [0, 0.05) is 25.7 Å². The summed E-state index contributed by atoms with van der Waals surface area (Å²) >= 11 is 0. The molecule has 2 unspecified atom stereocenters.